The van der Waals surface area contributed by atoms with Crippen molar-refractivity contribution in [2.24, 2.45) is 0 Å². The maximum Gasteiger partial charge on any atom is 0.333 e. The molecule has 2 aliphatic rings. The van der Waals surface area contributed by atoms with E-state index in [4.69, 9.17) is 11.6 Å². The Morgan fingerprint density at radius 1 is 0.921 bits per heavy atom. The number of Topliss-reactive ketones (excluding diaryl/α,β-unsaturated/α-hetero) is 1. The number of nitrogens with zero attached hydrogens (tertiary/aromatic N) is 3. The van der Waals surface area contributed by atoms with E-state index >= 15 is 0 Å². The molecule has 192 valence electrons. The Balaban J connectivity index is 1.40. The van der Waals surface area contributed by atoms with Gasteiger partial charge in [0.15, 0.2) is 5.78 Å². The minimum Gasteiger partial charge on any atom is -0.331 e. The number of para-hydroxylation sites is 1. The zero-order valence-electron chi connectivity index (χ0n) is 20.6. The third kappa shape index (κ3) is 4.33. The second kappa shape index (κ2) is 9.71. The van der Waals surface area contributed by atoms with Crippen molar-refractivity contribution in [1.82, 2.24) is 14.0 Å². The third-order valence-corrected chi connectivity index (χ3v) is 8.88. The summed E-state index contributed by atoms with van der Waals surface area (Å²) < 4.78 is 3.90. The topological polar surface area (TPSA) is 64.3 Å². The smallest absolute Gasteiger partial charge is 0.331 e. The number of benzene rings is 3. The van der Waals surface area contributed by atoms with E-state index in [1.54, 1.807) is 27.7 Å². The lowest BCUT2D eigenvalue weighted by Gasteiger charge is -2.28. The van der Waals surface area contributed by atoms with Crippen LogP contribution >= 0.6 is 27.5 Å². The van der Waals surface area contributed by atoms with Crippen molar-refractivity contribution in [3.8, 4) is 5.69 Å². The van der Waals surface area contributed by atoms with Crippen molar-refractivity contribution in [3.05, 3.63) is 121 Å². The number of amides is 1. The molecule has 3 aromatic carbocycles. The van der Waals surface area contributed by atoms with Crippen molar-refractivity contribution in [1.29, 1.82) is 0 Å². The van der Waals surface area contributed by atoms with Crippen molar-refractivity contribution < 1.29 is 9.59 Å². The zero-order valence-corrected chi connectivity index (χ0v) is 22.9. The minimum atomic E-state index is -0.252. The van der Waals surface area contributed by atoms with Crippen molar-refractivity contribution >= 4 is 39.2 Å². The van der Waals surface area contributed by atoms with Gasteiger partial charge < -0.3 is 4.90 Å². The second-order valence-corrected chi connectivity index (χ2v) is 11.3. The molecular weight excluding hydrogens is 566 g/mol. The van der Waals surface area contributed by atoms with Crippen LogP contribution in [0.5, 0.6) is 0 Å². The van der Waals surface area contributed by atoms with Crippen LogP contribution in [0.4, 0.5) is 0 Å². The van der Waals surface area contributed by atoms with Crippen molar-refractivity contribution in [2.45, 2.75) is 37.8 Å². The van der Waals surface area contributed by atoms with Crippen LogP contribution in [0.25, 0.3) is 5.69 Å². The van der Waals surface area contributed by atoms with E-state index in [9.17, 15) is 14.4 Å². The van der Waals surface area contributed by atoms with Gasteiger partial charge in [0.05, 0.1) is 22.9 Å². The molecular formula is C30H25BrClN3O3. The van der Waals surface area contributed by atoms with Gasteiger partial charge in [-0.15, -0.1) is 0 Å². The first kappa shape index (κ1) is 24.9. The van der Waals surface area contributed by atoms with E-state index in [-0.39, 0.29) is 29.3 Å². The number of hydrogen-bond donors (Lipinski definition) is 0. The highest BCUT2D eigenvalue weighted by Gasteiger charge is 2.47. The molecule has 0 N–H and O–H groups in total. The number of fused-ring (bicyclic) bond motifs is 1. The molecule has 0 unspecified atom stereocenters. The molecule has 1 aliphatic heterocycles. The maximum absolute atomic E-state index is 14.1. The van der Waals surface area contributed by atoms with Crippen LogP contribution in [0.1, 0.15) is 51.4 Å². The highest BCUT2D eigenvalue weighted by atomic mass is 79.9. The average molecular weight is 591 g/mol. The Morgan fingerprint density at radius 3 is 2.26 bits per heavy atom. The molecule has 1 saturated carbocycles. The number of carbonyl (C=O) groups excluding carboxylic acids is 2. The van der Waals surface area contributed by atoms with Gasteiger partial charge in [0.25, 0.3) is 5.91 Å². The molecule has 2 heterocycles. The molecule has 38 heavy (non-hydrogen) atoms. The van der Waals surface area contributed by atoms with Gasteiger partial charge in [-0.25, -0.2) is 4.79 Å². The molecule has 0 atom stereocenters. The first-order valence-electron chi connectivity index (χ1n) is 12.6. The summed E-state index contributed by atoms with van der Waals surface area (Å²) in [6.45, 7) is 0.842. The van der Waals surface area contributed by atoms with E-state index < -0.39 is 0 Å². The van der Waals surface area contributed by atoms with E-state index in [0.29, 0.717) is 51.6 Å². The minimum absolute atomic E-state index is 0.0814. The molecule has 1 fully saturated rings. The van der Waals surface area contributed by atoms with Crippen LogP contribution in [-0.4, -0.2) is 32.3 Å². The Labute approximate surface area is 233 Å². The van der Waals surface area contributed by atoms with Crippen LogP contribution in [0.3, 0.4) is 0 Å². The summed E-state index contributed by atoms with van der Waals surface area (Å²) >= 11 is 9.61. The average Bonchev–Trinajstić information content (AvgIpc) is 3.67. The second-order valence-electron chi connectivity index (χ2n) is 10.0. The fraction of sp³-hybridized carbons (Fsp3) is 0.233. The quantitative estimate of drug-likeness (QED) is 0.258. The van der Waals surface area contributed by atoms with E-state index in [1.807, 2.05) is 48.5 Å². The van der Waals surface area contributed by atoms with Gasteiger partial charge in [-0.1, -0.05) is 60.1 Å². The third-order valence-electron chi connectivity index (χ3n) is 7.65. The Morgan fingerprint density at radius 2 is 1.61 bits per heavy atom. The van der Waals surface area contributed by atoms with Gasteiger partial charge in [-0.05, 0) is 64.7 Å². The lowest BCUT2D eigenvalue weighted by atomic mass is 9.89. The monoisotopic (exact) mass is 589 g/mol. The van der Waals surface area contributed by atoms with Gasteiger partial charge in [-0.3, -0.25) is 18.7 Å². The number of halogens is 2. The van der Waals surface area contributed by atoms with E-state index in [0.717, 1.165) is 18.4 Å². The number of rotatable bonds is 6. The van der Waals surface area contributed by atoms with Gasteiger partial charge in [0, 0.05) is 35.0 Å². The highest BCUT2D eigenvalue weighted by molar-refractivity contribution is 9.10. The number of ketones is 1. The predicted molar refractivity (Wildman–Crippen MR) is 150 cm³/mol. The standard InChI is InChI=1S/C30H25BrClN3O3/c31-23-12-11-20(17-24(23)32)28(37)33-15-16-34-25(19-33)27(35(29(34)38)22-9-5-2-6-10-22)26(36)18-30(13-14-30)21-7-3-1-4-8-21/h1-12,17H,13-16,18-19H2. The molecule has 6 rings (SSSR count). The van der Waals surface area contributed by atoms with Crippen LogP contribution < -0.4 is 5.69 Å². The van der Waals surface area contributed by atoms with Crippen LogP contribution in [0, 0.1) is 0 Å². The normalized spacial score (nSPS) is 15.7. The molecule has 1 aromatic heterocycles. The van der Waals surface area contributed by atoms with Crippen LogP contribution in [-0.2, 0) is 18.5 Å². The summed E-state index contributed by atoms with van der Waals surface area (Å²) in [5, 5.41) is 0.450. The van der Waals surface area contributed by atoms with E-state index in [1.165, 1.54) is 4.57 Å². The first-order chi connectivity index (χ1) is 18.4. The number of imidazole rings is 1. The summed E-state index contributed by atoms with van der Waals surface area (Å²) in [6.07, 6.45) is 2.18. The Hall–Kier alpha value is -3.42. The number of hydrogen-bond acceptors (Lipinski definition) is 3. The van der Waals surface area contributed by atoms with Crippen LogP contribution in [0.15, 0.2) is 88.1 Å². The lowest BCUT2D eigenvalue weighted by molar-refractivity contribution is 0.0706. The van der Waals surface area contributed by atoms with Gasteiger partial charge in [-0.2, -0.15) is 0 Å². The number of carbonyl (C=O) groups is 2. The summed E-state index contributed by atoms with van der Waals surface area (Å²) in [4.78, 5) is 42.8. The Bertz CT molecular complexity index is 1610. The van der Waals surface area contributed by atoms with Crippen LogP contribution in [0.2, 0.25) is 5.02 Å². The molecule has 6 nitrogen and oxygen atoms in total. The summed E-state index contributed by atoms with van der Waals surface area (Å²) in [5.74, 6) is -0.269. The highest BCUT2D eigenvalue weighted by Crippen LogP contribution is 2.51. The molecule has 1 amide bonds. The van der Waals surface area contributed by atoms with Gasteiger partial charge in [0.2, 0.25) is 0 Å². The summed E-state index contributed by atoms with van der Waals surface area (Å²) in [6, 6.07) is 24.5. The molecule has 0 saturated heterocycles. The van der Waals surface area contributed by atoms with Gasteiger partial charge in [0.1, 0.15) is 5.69 Å². The number of aromatic nitrogens is 2. The molecule has 0 radical (unpaired) electrons. The predicted octanol–water partition coefficient (Wildman–Crippen LogP) is 6.02. The zero-order chi connectivity index (χ0) is 26.4. The molecule has 1 aliphatic carbocycles. The van der Waals surface area contributed by atoms with Crippen molar-refractivity contribution in [3.63, 3.8) is 0 Å². The molecule has 4 aromatic rings. The Kier molecular flexibility index (Phi) is 6.36. The largest absolute Gasteiger partial charge is 0.333 e. The fourth-order valence-corrected chi connectivity index (χ4v) is 5.88. The first-order valence-corrected chi connectivity index (χ1v) is 13.8. The molecule has 8 heteroatoms. The summed E-state index contributed by atoms with van der Waals surface area (Å²) in [5.41, 5.74) is 2.75. The molecule has 0 bridgehead atoms. The maximum atomic E-state index is 14.1. The van der Waals surface area contributed by atoms with E-state index in [2.05, 4.69) is 28.1 Å². The molecule has 0 spiro atoms. The summed E-state index contributed by atoms with van der Waals surface area (Å²) in [7, 11) is 0. The fourth-order valence-electron chi connectivity index (χ4n) is 5.45. The van der Waals surface area contributed by atoms with Crippen molar-refractivity contribution in [2.75, 3.05) is 6.54 Å². The van der Waals surface area contributed by atoms with Gasteiger partial charge >= 0.3 is 5.69 Å². The lowest BCUT2D eigenvalue weighted by Crippen LogP contribution is -2.41. The SMILES string of the molecule is O=C(CC1(c2ccccc2)CC1)c1c2n(c(=O)n1-c1ccccc1)CCN(C(=O)c1ccc(Br)c(Cl)c1)C2.